The van der Waals surface area contributed by atoms with Gasteiger partial charge in [-0.3, -0.25) is 4.79 Å². The lowest BCUT2D eigenvalue weighted by molar-refractivity contribution is 0.177. The second-order valence-corrected chi connectivity index (χ2v) is 3.86. The highest BCUT2D eigenvalue weighted by molar-refractivity contribution is 7.80. The van der Waals surface area contributed by atoms with Gasteiger partial charge in [0.2, 0.25) is 0 Å². The van der Waals surface area contributed by atoms with Crippen LogP contribution in [0.3, 0.4) is 0 Å². The van der Waals surface area contributed by atoms with E-state index in [4.69, 9.17) is 23.1 Å². The second kappa shape index (κ2) is 5.04. The van der Waals surface area contributed by atoms with E-state index >= 15 is 0 Å². The number of aromatic nitrogens is 1. The summed E-state index contributed by atoms with van der Waals surface area (Å²) in [5.74, 6) is 0. The van der Waals surface area contributed by atoms with Gasteiger partial charge in [0.15, 0.2) is 0 Å². The predicted octanol–water partition coefficient (Wildman–Crippen LogP) is 0.253. The van der Waals surface area contributed by atoms with Gasteiger partial charge in [-0.05, 0) is 25.5 Å². The average molecular weight is 226 g/mol. The minimum Gasteiger partial charge on any atom is -0.393 e. The number of nitrogens with zero attached hydrogens (tertiary/aromatic N) is 1. The van der Waals surface area contributed by atoms with Crippen LogP contribution in [0.25, 0.3) is 0 Å². The van der Waals surface area contributed by atoms with Crippen LogP contribution >= 0.6 is 12.2 Å². The zero-order valence-corrected chi connectivity index (χ0v) is 9.33. The first kappa shape index (κ1) is 11.9. The summed E-state index contributed by atoms with van der Waals surface area (Å²) in [7, 11) is 0. The molecule has 1 aromatic heterocycles. The molecule has 0 aliphatic carbocycles. The fourth-order valence-corrected chi connectivity index (χ4v) is 1.38. The lowest BCUT2D eigenvalue weighted by Crippen LogP contribution is -2.29. The monoisotopic (exact) mass is 226 g/mol. The summed E-state index contributed by atoms with van der Waals surface area (Å²) in [6.45, 7) is 2.15. The van der Waals surface area contributed by atoms with Crippen molar-refractivity contribution in [3.8, 4) is 0 Å². The Morgan fingerprint density at radius 2 is 2.40 bits per heavy atom. The van der Waals surface area contributed by atoms with Crippen LogP contribution in [-0.2, 0) is 6.54 Å². The number of nitrogens with two attached hydrogens (primary N) is 1. The highest BCUT2D eigenvalue weighted by Crippen LogP contribution is 1.96. The lowest BCUT2D eigenvalue weighted by Gasteiger charge is -2.08. The van der Waals surface area contributed by atoms with Crippen molar-refractivity contribution in [2.75, 3.05) is 0 Å². The third-order valence-corrected chi connectivity index (χ3v) is 2.29. The largest absolute Gasteiger partial charge is 0.393 e. The fraction of sp³-hybridized carbons (Fsp3) is 0.400. The zero-order valence-electron chi connectivity index (χ0n) is 8.51. The van der Waals surface area contributed by atoms with E-state index in [0.29, 0.717) is 18.5 Å². The SMILES string of the molecule is CC(O)CCn1cccc(C(N)=S)c1=O. The van der Waals surface area contributed by atoms with Crippen molar-refractivity contribution in [2.24, 2.45) is 5.73 Å². The van der Waals surface area contributed by atoms with E-state index in [0.717, 1.165) is 0 Å². The molecule has 4 nitrogen and oxygen atoms in total. The van der Waals surface area contributed by atoms with E-state index in [1.54, 1.807) is 25.3 Å². The van der Waals surface area contributed by atoms with E-state index in [1.807, 2.05) is 0 Å². The molecule has 0 aromatic carbocycles. The van der Waals surface area contributed by atoms with Crippen LogP contribution in [0.2, 0.25) is 0 Å². The van der Waals surface area contributed by atoms with Crippen molar-refractivity contribution in [3.05, 3.63) is 34.2 Å². The third kappa shape index (κ3) is 3.14. The molecule has 0 saturated carbocycles. The van der Waals surface area contributed by atoms with Crippen molar-refractivity contribution in [1.82, 2.24) is 4.57 Å². The minimum absolute atomic E-state index is 0.103. The summed E-state index contributed by atoms with van der Waals surface area (Å²) >= 11 is 4.76. The fourth-order valence-electron chi connectivity index (χ4n) is 1.23. The van der Waals surface area contributed by atoms with Crippen LogP contribution in [0.1, 0.15) is 18.9 Å². The summed E-state index contributed by atoms with van der Waals surface area (Å²) in [5, 5.41) is 9.12. The van der Waals surface area contributed by atoms with Gasteiger partial charge < -0.3 is 15.4 Å². The molecular weight excluding hydrogens is 212 g/mol. The van der Waals surface area contributed by atoms with Gasteiger partial charge >= 0.3 is 0 Å². The molecule has 0 fully saturated rings. The van der Waals surface area contributed by atoms with Crippen LogP contribution in [0, 0.1) is 0 Å². The van der Waals surface area contributed by atoms with Crippen LogP contribution in [0.4, 0.5) is 0 Å². The predicted molar refractivity (Wildman–Crippen MR) is 62.9 cm³/mol. The minimum atomic E-state index is -0.426. The molecule has 3 N–H and O–H groups in total. The molecule has 82 valence electrons. The summed E-state index contributed by atoms with van der Waals surface area (Å²) in [5.41, 5.74) is 5.55. The molecule has 1 heterocycles. The average Bonchev–Trinajstić information content (AvgIpc) is 2.15. The van der Waals surface area contributed by atoms with Gasteiger partial charge in [0.1, 0.15) is 4.99 Å². The number of aliphatic hydroxyl groups is 1. The Kier molecular flexibility index (Phi) is 3.99. The topological polar surface area (TPSA) is 68.2 Å². The highest BCUT2D eigenvalue weighted by Gasteiger charge is 2.05. The smallest absolute Gasteiger partial charge is 0.260 e. The van der Waals surface area contributed by atoms with Gasteiger partial charge in [-0.15, -0.1) is 0 Å². The van der Waals surface area contributed by atoms with Crippen LogP contribution < -0.4 is 11.3 Å². The Morgan fingerprint density at radius 1 is 1.73 bits per heavy atom. The van der Waals surface area contributed by atoms with Crippen molar-refractivity contribution in [2.45, 2.75) is 26.0 Å². The number of rotatable bonds is 4. The maximum atomic E-state index is 11.7. The van der Waals surface area contributed by atoms with Crippen LogP contribution in [0.5, 0.6) is 0 Å². The second-order valence-electron chi connectivity index (χ2n) is 3.42. The maximum absolute atomic E-state index is 11.7. The van der Waals surface area contributed by atoms with E-state index in [2.05, 4.69) is 0 Å². The van der Waals surface area contributed by atoms with Gasteiger partial charge in [-0.2, -0.15) is 0 Å². The molecule has 0 amide bonds. The summed E-state index contributed by atoms with van der Waals surface area (Å²) < 4.78 is 1.50. The van der Waals surface area contributed by atoms with E-state index in [-0.39, 0.29) is 10.5 Å². The molecule has 15 heavy (non-hydrogen) atoms. The molecule has 0 spiro atoms. The first-order valence-corrected chi connectivity index (χ1v) is 5.10. The number of aryl methyl sites for hydroxylation is 1. The van der Waals surface area contributed by atoms with Crippen molar-refractivity contribution < 1.29 is 5.11 Å². The number of hydrogen-bond donors (Lipinski definition) is 2. The Balaban J connectivity index is 2.95. The lowest BCUT2D eigenvalue weighted by atomic mass is 10.2. The summed E-state index contributed by atoms with van der Waals surface area (Å²) in [6.07, 6.45) is 1.76. The molecule has 0 saturated heterocycles. The van der Waals surface area contributed by atoms with Crippen LogP contribution in [0.15, 0.2) is 23.1 Å². The third-order valence-electron chi connectivity index (χ3n) is 2.07. The summed E-state index contributed by atoms with van der Waals surface area (Å²) in [4.78, 5) is 11.8. The molecule has 0 radical (unpaired) electrons. The zero-order chi connectivity index (χ0) is 11.4. The van der Waals surface area contributed by atoms with Gasteiger partial charge in [0.05, 0.1) is 11.7 Å². The van der Waals surface area contributed by atoms with Crippen molar-refractivity contribution in [1.29, 1.82) is 0 Å². The van der Waals surface area contributed by atoms with Crippen LogP contribution in [-0.4, -0.2) is 20.8 Å². The molecule has 0 bridgehead atoms. The van der Waals surface area contributed by atoms with Crippen molar-refractivity contribution in [3.63, 3.8) is 0 Å². The Labute approximate surface area is 93.3 Å². The maximum Gasteiger partial charge on any atom is 0.260 e. The van der Waals surface area contributed by atoms with Gasteiger partial charge in [0, 0.05) is 12.7 Å². The standard InChI is InChI=1S/C10H14N2O2S/c1-7(13)4-6-12-5-2-3-8(9(11)15)10(12)14/h2-3,5,7,13H,4,6H2,1H3,(H2,11,15). The summed E-state index contributed by atoms with van der Waals surface area (Å²) in [6, 6.07) is 3.32. The normalized spacial score (nSPS) is 12.4. The molecule has 0 aliphatic heterocycles. The molecule has 1 rings (SSSR count). The number of hydrogen-bond acceptors (Lipinski definition) is 3. The molecule has 1 atom stereocenters. The molecule has 5 heteroatoms. The number of pyridine rings is 1. The Bertz CT molecular complexity index is 412. The van der Waals surface area contributed by atoms with E-state index in [1.165, 1.54) is 4.57 Å². The van der Waals surface area contributed by atoms with Gasteiger partial charge in [0.25, 0.3) is 5.56 Å². The van der Waals surface area contributed by atoms with Crippen molar-refractivity contribution >= 4 is 17.2 Å². The van der Waals surface area contributed by atoms with E-state index in [9.17, 15) is 4.79 Å². The van der Waals surface area contributed by atoms with E-state index < -0.39 is 6.10 Å². The molecular formula is C10H14N2O2S. The number of aliphatic hydroxyl groups excluding tert-OH is 1. The molecule has 1 unspecified atom stereocenters. The Hall–Kier alpha value is -1.20. The molecule has 1 aromatic rings. The Morgan fingerprint density at radius 3 is 2.93 bits per heavy atom. The first-order valence-electron chi connectivity index (χ1n) is 4.69. The van der Waals surface area contributed by atoms with Gasteiger partial charge in [-0.1, -0.05) is 12.2 Å². The van der Waals surface area contributed by atoms with Gasteiger partial charge in [-0.25, -0.2) is 0 Å². The molecule has 0 aliphatic rings. The number of thiocarbonyl (C=S) groups is 1. The quantitative estimate of drug-likeness (QED) is 0.722. The highest BCUT2D eigenvalue weighted by atomic mass is 32.1. The first-order chi connectivity index (χ1) is 7.02.